The number of rotatable bonds is 9. The summed E-state index contributed by atoms with van der Waals surface area (Å²) in [5.41, 5.74) is -1.16. The van der Waals surface area contributed by atoms with E-state index in [0.29, 0.717) is 20.9 Å². The predicted molar refractivity (Wildman–Crippen MR) is 129 cm³/mol. The number of aromatic nitrogens is 2. The molecule has 206 valence electrons. The molecule has 1 amide bonds. The number of ether oxygens (including phenoxy) is 4. The van der Waals surface area contributed by atoms with Gasteiger partial charge in [-0.05, 0) is 18.2 Å². The van der Waals surface area contributed by atoms with Crippen LogP contribution in [0, 0.1) is 0 Å². The number of methoxy groups -OCH3 is 2. The maximum atomic E-state index is 14.4. The average molecular weight is 577 g/mol. The van der Waals surface area contributed by atoms with Gasteiger partial charge in [-0.3, -0.25) is 14.4 Å². The number of nitrogens with one attached hydrogen (secondary N) is 1. The Bertz CT molecular complexity index is 1440. The maximum absolute atomic E-state index is 14.4. The molecule has 2 aromatic heterocycles. The number of amides is 1. The smallest absolute Gasteiger partial charge is 0.469 e. The number of phosphoric acid groups is 1. The topological polar surface area (TPSA) is 168 Å². The van der Waals surface area contributed by atoms with Crippen molar-refractivity contribution in [1.82, 2.24) is 9.55 Å². The van der Waals surface area contributed by atoms with Crippen LogP contribution in [-0.2, 0) is 25.2 Å². The summed E-state index contributed by atoms with van der Waals surface area (Å²) in [5, 5.41) is 3.08. The zero-order chi connectivity index (χ0) is 27.7. The zero-order valence-electron chi connectivity index (χ0n) is 19.8. The van der Waals surface area contributed by atoms with Gasteiger partial charge in [-0.2, -0.15) is 4.98 Å². The van der Waals surface area contributed by atoms with E-state index in [1.165, 1.54) is 25.6 Å². The van der Waals surface area contributed by atoms with Crippen LogP contribution in [0.1, 0.15) is 17.5 Å². The number of hydrogen-bond donors (Lipinski definition) is 3. The fraction of sp³-hybridized carbons (Fsp3) is 0.381. The van der Waals surface area contributed by atoms with E-state index < -0.39 is 50.9 Å². The molecule has 3 aromatic rings. The van der Waals surface area contributed by atoms with E-state index in [1.54, 1.807) is 18.2 Å². The van der Waals surface area contributed by atoms with Crippen molar-refractivity contribution >= 4 is 41.2 Å². The van der Waals surface area contributed by atoms with Gasteiger partial charge in [0.05, 0.1) is 31.6 Å². The molecule has 1 fully saturated rings. The van der Waals surface area contributed by atoms with E-state index in [0.717, 1.165) is 22.3 Å². The number of alkyl halides is 2. The van der Waals surface area contributed by atoms with Crippen LogP contribution in [0.25, 0.3) is 10.1 Å². The average Bonchev–Trinajstić information content (AvgIpc) is 3.40. The molecule has 1 aliphatic heterocycles. The summed E-state index contributed by atoms with van der Waals surface area (Å²) in [6, 6.07) is 6.43. The van der Waals surface area contributed by atoms with Gasteiger partial charge in [0, 0.05) is 28.9 Å². The first kappa shape index (κ1) is 27.9. The molecule has 0 spiro atoms. The number of carbonyl (C=O) groups is 1. The van der Waals surface area contributed by atoms with Crippen LogP contribution >= 0.6 is 19.2 Å². The van der Waals surface area contributed by atoms with Gasteiger partial charge in [0.15, 0.2) is 0 Å². The van der Waals surface area contributed by atoms with Crippen molar-refractivity contribution in [1.29, 1.82) is 0 Å². The fourth-order valence-corrected chi connectivity index (χ4v) is 5.11. The van der Waals surface area contributed by atoms with E-state index in [4.69, 9.17) is 28.7 Å². The lowest BCUT2D eigenvalue weighted by molar-refractivity contribution is -0.119. The molecule has 0 radical (unpaired) electrons. The number of benzene rings is 1. The summed E-state index contributed by atoms with van der Waals surface area (Å²) in [5.74, 6) is -2.60. The van der Waals surface area contributed by atoms with Crippen LogP contribution in [0.3, 0.4) is 0 Å². The third kappa shape index (κ3) is 6.46. The Balaban J connectivity index is 1.38. The Kier molecular flexibility index (Phi) is 8.01. The second-order valence-electron chi connectivity index (χ2n) is 8.03. The largest absolute Gasteiger partial charge is 0.497 e. The minimum atomic E-state index is -4.89. The normalized spacial score (nSPS) is 18.9. The molecule has 38 heavy (non-hydrogen) atoms. The van der Waals surface area contributed by atoms with Gasteiger partial charge in [0.1, 0.15) is 23.9 Å². The monoisotopic (exact) mass is 577 g/mol. The molecule has 3 heterocycles. The van der Waals surface area contributed by atoms with Crippen molar-refractivity contribution in [3.05, 3.63) is 45.8 Å². The molecule has 1 saturated heterocycles. The minimum absolute atomic E-state index is 0.103. The lowest BCUT2D eigenvalue weighted by Gasteiger charge is -2.20. The van der Waals surface area contributed by atoms with Crippen molar-refractivity contribution in [2.45, 2.75) is 31.3 Å². The van der Waals surface area contributed by atoms with Crippen molar-refractivity contribution in [2.24, 2.45) is 0 Å². The van der Waals surface area contributed by atoms with Crippen molar-refractivity contribution in [3.63, 3.8) is 0 Å². The van der Waals surface area contributed by atoms with Crippen LogP contribution in [0.15, 0.2) is 35.3 Å². The quantitative estimate of drug-likeness (QED) is 0.319. The Morgan fingerprint density at radius 3 is 2.74 bits per heavy atom. The van der Waals surface area contributed by atoms with E-state index in [9.17, 15) is 22.9 Å². The number of thiophene rings is 1. The number of carbonyl (C=O) groups excluding carboxylic acids is 1. The Morgan fingerprint density at radius 2 is 2.08 bits per heavy atom. The number of halogens is 2. The first-order valence-electron chi connectivity index (χ1n) is 10.8. The molecule has 0 aliphatic carbocycles. The lowest BCUT2D eigenvalue weighted by Crippen LogP contribution is -2.35. The maximum Gasteiger partial charge on any atom is 0.469 e. The minimum Gasteiger partial charge on any atom is -0.497 e. The molecule has 13 nitrogen and oxygen atoms in total. The van der Waals surface area contributed by atoms with Gasteiger partial charge in [-0.15, -0.1) is 11.3 Å². The lowest BCUT2D eigenvalue weighted by atomic mass is 10.2. The summed E-state index contributed by atoms with van der Waals surface area (Å²) < 4.78 is 66.1. The van der Waals surface area contributed by atoms with Crippen LogP contribution in [0.5, 0.6) is 11.5 Å². The molecule has 1 aliphatic rings. The number of anilines is 1. The highest BCUT2D eigenvalue weighted by atomic mass is 32.1. The molecule has 0 bridgehead atoms. The van der Waals surface area contributed by atoms with Crippen molar-refractivity contribution in [2.75, 3.05) is 26.1 Å². The van der Waals surface area contributed by atoms with Crippen LogP contribution in [0.4, 0.5) is 19.4 Å². The molecular weight excluding hydrogens is 555 g/mol. The Morgan fingerprint density at radius 1 is 1.32 bits per heavy atom. The Hall–Kier alpha value is -3.14. The highest BCUT2D eigenvalue weighted by Gasteiger charge is 2.52. The summed E-state index contributed by atoms with van der Waals surface area (Å²) in [6.07, 6.45) is -4.39. The molecular formula is C21H22F2N3O10PS. The summed E-state index contributed by atoms with van der Waals surface area (Å²) >= 11 is 1.35. The number of hydrogen-bond acceptors (Lipinski definition) is 10. The highest BCUT2D eigenvalue weighted by molar-refractivity contribution is 7.46. The molecule has 2 atom stereocenters. The zero-order valence-corrected chi connectivity index (χ0v) is 21.5. The predicted octanol–water partition coefficient (Wildman–Crippen LogP) is 3.26. The van der Waals surface area contributed by atoms with Gasteiger partial charge in [-0.25, -0.2) is 22.9 Å². The summed E-state index contributed by atoms with van der Waals surface area (Å²) in [6.45, 7) is -0.905. The fourth-order valence-electron chi connectivity index (χ4n) is 3.71. The van der Waals surface area contributed by atoms with Gasteiger partial charge in [0.25, 0.3) is 5.92 Å². The first-order valence-corrected chi connectivity index (χ1v) is 13.1. The van der Waals surface area contributed by atoms with Gasteiger partial charge in [0.2, 0.25) is 6.23 Å². The molecule has 0 unspecified atom stereocenters. The molecule has 4 rings (SSSR count). The first-order chi connectivity index (χ1) is 17.9. The van der Waals surface area contributed by atoms with Crippen LogP contribution < -0.4 is 20.5 Å². The van der Waals surface area contributed by atoms with Crippen molar-refractivity contribution in [3.8, 4) is 11.5 Å². The van der Waals surface area contributed by atoms with E-state index >= 15 is 0 Å². The number of nitrogens with zero attached hydrogens (tertiary/aromatic N) is 2. The second kappa shape index (κ2) is 10.9. The molecule has 0 saturated carbocycles. The summed E-state index contributed by atoms with van der Waals surface area (Å²) in [7, 11) is -1.84. The van der Waals surface area contributed by atoms with Gasteiger partial charge in [-0.1, -0.05) is 0 Å². The summed E-state index contributed by atoms with van der Waals surface area (Å²) in [4.78, 5) is 46.4. The SMILES string of the molecule is COc1cc(OC)c2sc(COC(=O)Nc3ccn([C@@H]4O[C@H](COP(=O)(O)O)CC4(F)F)c(=O)n3)cc2c1. The third-order valence-corrected chi connectivity index (χ3v) is 6.96. The molecule has 1 aromatic carbocycles. The third-order valence-electron chi connectivity index (χ3n) is 5.33. The van der Waals surface area contributed by atoms with Crippen LogP contribution in [0.2, 0.25) is 0 Å². The van der Waals surface area contributed by atoms with Gasteiger partial charge < -0.3 is 28.7 Å². The van der Waals surface area contributed by atoms with Crippen LogP contribution in [-0.4, -0.2) is 58.3 Å². The molecule has 3 N–H and O–H groups in total. The van der Waals surface area contributed by atoms with E-state index in [2.05, 4.69) is 14.8 Å². The van der Waals surface area contributed by atoms with Crippen molar-refractivity contribution < 1.29 is 51.4 Å². The van der Waals surface area contributed by atoms with E-state index in [-0.39, 0.29) is 12.4 Å². The Labute approximate surface area is 217 Å². The van der Waals surface area contributed by atoms with Gasteiger partial charge >= 0.3 is 19.6 Å². The number of fused-ring (bicyclic) bond motifs is 1. The number of phosphoric ester groups is 1. The molecule has 17 heteroatoms. The van der Waals surface area contributed by atoms with E-state index in [1.807, 2.05) is 0 Å². The highest BCUT2D eigenvalue weighted by Crippen LogP contribution is 2.44. The second-order valence-corrected chi connectivity index (χ2v) is 10.4. The standard InChI is InChI=1S/C21H22F2N3O10PS/c1-32-12-5-11-6-14(38-17(11)15(7-12)33-2)10-34-20(28)25-16-3-4-26(19(27)24-16)18-21(22,23)8-13(36-18)9-35-37(29,30)31/h3-7,13,18H,8-10H2,1-2H3,(H2,29,30,31)(H,24,25,27,28)/t13-,18+/m0/s1.